The highest BCUT2D eigenvalue weighted by atomic mass is 35.5. The molecule has 120 valence electrons. The van der Waals surface area contributed by atoms with Crippen LogP contribution >= 0.6 is 11.6 Å². The van der Waals surface area contributed by atoms with Gasteiger partial charge >= 0.3 is 0 Å². The molecule has 0 unspecified atom stereocenters. The van der Waals surface area contributed by atoms with Crippen LogP contribution in [0.4, 0.5) is 0 Å². The van der Waals surface area contributed by atoms with Gasteiger partial charge in [-0.15, -0.1) is 0 Å². The Hall–Kier alpha value is -1.12. The van der Waals surface area contributed by atoms with Crippen molar-refractivity contribution >= 4 is 27.9 Å². The summed E-state index contributed by atoms with van der Waals surface area (Å²) in [5.74, 6) is 0.840. The maximum Gasteiger partial charge on any atom is 0.276 e. The average Bonchev–Trinajstić information content (AvgIpc) is 2.46. The molecular weight excluding hydrogens is 326 g/mol. The summed E-state index contributed by atoms with van der Waals surface area (Å²) in [6.07, 6.45) is 2.09. The molecule has 2 N–H and O–H groups in total. The molecule has 6 nitrogen and oxygen atoms in total. The minimum atomic E-state index is -3.57. The largest absolute Gasteiger partial charge is 0.489 e. The second kappa shape index (κ2) is 6.17. The van der Waals surface area contributed by atoms with Gasteiger partial charge in [0.25, 0.3) is 10.2 Å². The molecular formula is C14H18ClN3O3S. The van der Waals surface area contributed by atoms with E-state index in [4.69, 9.17) is 21.5 Å². The summed E-state index contributed by atoms with van der Waals surface area (Å²) >= 11 is 6.01. The number of benzene rings is 1. The zero-order chi connectivity index (χ0) is 15.7. The van der Waals surface area contributed by atoms with E-state index in [0.717, 1.165) is 23.4 Å². The van der Waals surface area contributed by atoms with Crippen molar-refractivity contribution in [1.29, 1.82) is 0 Å². The first-order valence-corrected chi connectivity index (χ1v) is 8.92. The lowest BCUT2D eigenvalue weighted by atomic mass is 10.1. The zero-order valence-corrected chi connectivity index (χ0v) is 13.6. The fraction of sp³-hybridized carbons (Fsp3) is 0.429. The molecule has 2 aliphatic rings. The Bertz CT molecular complexity index is 697. The normalized spacial score (nSPS) is 20.2. The van der Waals surface area contributed by atoms with Crippen LogP contribution in [0.15, 0.2) is 23.8 Å². The molecule has 2 aliphatic heterocycles. The van der Waals surface area contributed by atoms with Crippen molar-refractivity contribution in [3.05, 3.63) is 34.4 Å². The van der Waals surface area contributed by atoms with Crippen LogP contribution in [0.25, 0.3) is 6.08 Å². The average molecular weight is 344 g/mol. The molecule has 1 aromatic rings. The Morgan fingerprint density at radius 1 is 1.23 bits per heavy atom. The van der Waals surface area contributed by atoms with E-state index in [1.54, 1.807) is 0 Å². The molecule has 0 aromatic heterocycles. The smallest absolute Gasteiger partial charge is 0.276 e. The maximum atomic E-state index is 11.3. The van der Waals surface area contributed by atoms with Crippen LogP contribution in [-0.4, -0.2) is 57.0 Å². The van der Waals surface area contributed by atoms with E-state index < -0.39 is 10.2 Å². The van der Waals surface area contributed by atoms with Gasteiger partial charge in [-0.3, -0.25) is 4.90 Å². The zero-order valence-electron chi connectivity index (χ0n) is 12.0. The van der Waals surface area contributed by atoms with E-state index in [0.29, 0.717) is 37.8 Å². The van der Waals surface area contributed by atoms with Gasteiger partial charge in [0.1, 0.15) is 12.4 Å². The van der Waals surface area contributed by atoms with Crippen molar-refractivity contribution in [2.75, 3.05) is 39.3 Å². The second-order valence-corrected chi connectivity index (χ2v) is 7.48. The monoisotopic (exact) mass is 343 g/mol. The molecule has 22 heavy (non-hydrogen) atoms. The molecule has 0 saturated carbocycles. The molecule has 8 heteroatoms. The number of rotatable bonds is 3. The van der Waals surface area contributed by atoms with Gasteiger partial charge in [-0.05, 0) is 29.8 Å². The molecule has 0 spiro atoms. The summed E-state index contributed by atoms with van der Waals surface area (Å²) in [6.45, 7) is 3.48. The van der Waals surface area contributed by atoms with Gasteiger partial charge in [-0.25, -0.2) is 5.14 Å². The summed E-state index contributed by atoms with van der Waals surface area (Å²) in [5.41, 5.74) is 2.13. The summed E-state index contributed by atoms with van der Waals surface area (Å²) in [5, 5.41) is 5.82. The van der Waals surface area contributed by atoms with Crippen molar-refractivity contribution < 1.29 is 13.2 Å². The lowest BCUT2D eigenvalue weighted by molar-refractivity contribution is 0.195. The fourth-order valence-electron chi connectivity index (χ4n) is 2.72. The Morgan fingerprint density at radius 3 is 2.64 bits per heavy atom. The molecule has 0 aliphatic carbocycles. The van der Waals surface area contributed by atoms with Crippen LogP contribution in [0.2, 0.25) is 5.02 Å². The molecule has 0 radical (unpaired) electrons. The quantitative estimate of drug-likeness (QED) is 0.886. The Morgan fingerprint density at radius 2 is 1.95 bits per heavy atom. The van der Waals surface area contributed by atoms with E-state index in [9.17, 15) is 8.42 Å². The maximum absolute atomic E-state index is 11.3. The topological polar surface area (TPSA) is 75.9 Å². The number of halogens is 1. The molecule has 0 amide bonds. The Labute approximate surface area is 135 Å². The van der Waals surface area contributed by atoms with E-state index in [2.05, 4.69) is 11.0 Å². The summed E-state index contributed by atoms with van der Waals surface area (Å²) in [4.78, 5) is 2.20. The van der Waals surface area contributed by atoms with Crippen LogP contribution in [0.5, 0.6) is 5.75 Å². The first-order chi connectivity index (χ1) is 10.4. The SMILES string of the molecule is NS(=O)(=O)N1CCN(CC2=Cc3cc(Cl)ccc3OC2)CC1. The number of nitrogens with two attached hydrogens (primary N) is 1. The number of piperazine rings is 1. The first kappa shape index (κ1) is 15.8. The van der Waals surface area contributed by atoms with E-state index in [1.165, 1.54) is 4.31 Å². The third-order valence-corrected chi connectivity index (χ3v) is 5.18. The number of hydrogen-bond acceptors (Lipinski definition) is 4. The van der Waals surface area contributed by atoms with Crippen molar-refractivity contribution in [1.82, 2.24) is 9.21 Å². The Balaban J connectivity index is 1.63. The van der Waals surface area contributed by atoms with Crippen molar-refractivity contribution in [3.8, 4) is 5.75 Å². The third-order valence-electron chi connectivity index (χ3n) is 3.86. The molecule has 0 atom stereocenters. The van der Waals surface area contributed by atoms with Crippen LogP contribution in [0.1, 0.15) is 5.56 Å². The number of ether oxygens (including phenoxy) is 1. The number of fused-ring (bicyclic) bond motifs is 1. The van der Waals surface area contributed by atoms with Gasteiger partial charge in [-0.1, -0.05) is 11.6 Å². The van der Waals surface area contributed by atoms with Gasteiger partial charge in [0.15, 0.2) is 0 Å². The predicted octanol–water partition coefficient (Wildman–Crippen LogP) is 0.937. The molecule has 0 bridgehead atoms. The Kier molecular flexibility index (Phi) is 4.42. The summed E-state index contributed by atoms with van der Waals surface area (Å²) < 4.78 is 29.6. The predicted molar refractivity (Wildman–Crippen MR) is 86.0 cm³/mol. The van der Waals surface area contributed by atoms with Crippen molar-refractivity contribution in [3.63, 3.8) is 0 Å². The molecule has 1 aromatic carbocycles. The lowest BCUT2D eigenvalue weighted by Gasteiger charge is -2.33. The third kappa shape index (κ3) is 3.61. The minimum absolute atomic E-state index is 0.426. The van der Waals surface area contributed by atoms with Crippen molar-refractivity contribution in [2.45, 2.75) is 0 Å². The van der Waals surface area contributed by atoms with Gasteiger partial charge in [0, 0.05) is 43.3 Å². The van der Waals surface area contributed by atoms with Gasteiger partial charge in [-0.2, -0.15) is 12.7 Å². The van der Waals surface area contributed by atoms with Gasteiger partial charge in [0.2, 0.25) is 0 Å². The molecule has 2 heterocycles. The van der Waals surface area contributed by atoms with Crippen molar-refractivity contribution in [2.24, 2.45) is 5.14 Å². The number of nitrogens with zero attached hydrogens (tertiary/aromatic N) is 2. The fourth-order valence-corrected chi connectivity index (χ4v) is 3.57. The molecule has 3 rings (SSSR count). The van der Waals surface area contributed by atoms with Crippen LogP contribution < -0.4 is 9.88 Å². The van der Waals surface area contributed by atoms with Crippen LogP contribution in [-0.2, 0) is 10.2 Å². The summed E-state index contributed by atoms with van der Waals surface area (Å²) in [6, 6.07) is 5.57. The highest BCUT2D eigenvalue weighted by molar-refractivity contribution is 7.86. The van der Waals surface area contributed by atoms with E-state index in [1.807, 2.05) is 18.2 Å². The highest BCUT2D eigenvalue weighted by Gasteiger charge is 2.24. The standard InChI is InChI=1S/C14H18ClN3O3S/c15-13-1-2-14-12(8-13)7-11(10-21-14)9-17-3-5-18(6-4-17)22(16,19)20/h1-2,7-8H,3-6,9-10H2,(H2,16,19,20). The van der Waals surface area contributed by atoms with Gasteiger partial charge in [0.05, 0.1) is 0 Å². The van der Waals surface area contributed by atoms with Crippen LogP contribution in [0, 0.1) is 0 Å². The van der Waals surface area contributed by atoms with E-state index in [-0.39, 0.29) is 0 Å². The second-order valence-electron chi connectivity index (χ2n) is 5.49. The molecule has 1 fully saturated rings. The highest BCUT2D eigenvalue weighted by Crippen LogP contribution is 2.29. The van der Waals surface area contributed by atoms with Gasteiger partial charge < -0.3 is 4.74 Å². The first-order valence-electron chi connectivity index (χ1n) is 7.04. The minimum Gasteiger partial charge on any atom is -0.489 e. The number of hydrogen-bond donors (Lipinski definition) is 1. The van der Waals surface area contributed by atoms with E-state index >= 15 is 0 Å². The summed E-state index contributed by atoms with van der Waals surface area (Å²) in [7, 11) is -3.57. The molecule has 1 saturated heterocycles. The lowest BCUT2D eigenvalue weighted by Crippen LogP contribution is -2.51. The van der Waals surface area contributed by atoms with Crippen LogP contribution in [0.3, 0.4) is 0 Å².